The predicted molar refractivity (Wildman–Crippen MR) is 130 cm³/mol. The smallest absolute Gasteiger partial charge is 0.261 e. The van der Waals surface area contributed by atoms with Crippen molar-refractivity contribution in [2.75, 3.05) is 11.9 Å². The molecule has 0 radical (unpaired) electrons. The fourth-order valence-electron chi connectivity index (χ4n) is 3.55. The molecule has 0 unspecified atom stereocenters. The lowest BCUT2D eigenvalue weighted by molar-refractivity contribution is 0.0973. The second kappa shape index (κ2) is 11.4. The van der Waals surface area contributed by atoms with Crippen molar-refractivity contribution in [2.24, 2.45) is 0 Å². The first-order chi connectivity index (χ1) is 15.4. The Morgan fingerprint density at radius 2 is 1.75 bits per heavy atom. The lowest BCUT2D eigenvalue weighted by Crippen LogP contribution is -2.36. The van der Waals surface area contributed by atoms with E-state index in [2.05, 4.69) is 15.4 Å². The van der Waals surface area contributed by atoms with Crippen LogP contribution in [0.4, 0.5) is 5.69 Å². The number of carbonyl (C=O) groups is 1. The molecular weight excluding hydrogens is 446 g/mol. The van der Waals surface area contributed by atoms with E-state index in [0.29, 0.717) is 23.6 Å². The zero-order valence-corrected chi connectivity index (χ0v) is 19.7. The lowest BCUT2D eigenvalue weighted by atomic mass is 9.96. The van der Waals surface area contributed by atoms with Crippen molar-refractivity contribution in [3.8, 4) is 5.75 Å². The number of benzene rings is 2. The Labute approximate surface area is 195 Å². The van der Waals surface area contributed by atoms with Gasteiger partial charge in [-0.1, -0.05) is 38.3 Å². The molecule has 172 valence electrons. The van der Waals surface area contributed by atoms with Crippen molar-refractivity contribution in [3.63, 3.8) is 0 Å². The molecular formula is C23H29N3O4S2. The lowest BCUT2D eigenvalue weighted by Gasteiger charge is -2.22. The van der Waals surface area contributed by atoms with E-state index in [-0.39, 0.29) is 22.0 Å². The van der Waals surface area contributed by atoms with Crippen LogP contribution in [0, 0.1) is 0 Å². The minimum absolute atomic E-state index is 0.00137. The van der Waals surface area contributed by atoms with Gasteiger partial charge in [-0.3, -0.25) is 10.1 Å². The molecule has 1 amide bonds. The molecule has 2 aromatic rings. The first kappa shape index (κ1) is 24.2. The van der Waals surface area contributed by atoms with Crippen LogP contribution in [0.25, 0.3) is 0 Å². The Bertz CT molecular complexity index is 1030. The number of amides is 1. The third-order valence-electron chi connectivity index (χ3n) is 5.17. The molecule has 0 aromatic heterocycles. The summed E-state index contributed by atoms with van der Waals surface area (Å²) < 4.78 is 33.6. The summed E-state index contributed by atoms with van der Waals surface area (Å²) in [5.41, 5.74) is 0.961. The topological polar surface area (TPSA) is 96.5 Å². The van der Waals surface area contributed by atoms with Crippen molar-refractivity contribution in [1.82, 2.24) is 10.0 Å². The Morgan fingerprint density at radius 1 is 1.06 bits per heavy atom. The summed E-state index contributed by atoms with van der Waals surface area (Å²) in [4.78, 5) is 12.8. The summed E-state index contributed by atoms with van der Waals surface area (Å²) in [7, 11) is -3.57. The molecule has 9 heteroatoms. The summed E-state index contributed by atoms with van der Waals surface area (Å²) >= 11 is 5.24. The summed E-state index contributed by atoms with van der Waals surface area (Å²) in [5, 5.41) is 5.65. The van der Waals surface area contributed by atoms with Gasteiger partial charge >= 0.3 is 0 Å². The van der Waals surface area contributed by atoms with Gasteiger partial charge in [0.1, 0.15) is 5.75 Å². The van der Waals surface area contributed by atoms with Gasteiger partial charge in [-0.25, -0.2) is 13.1 Å². The molecule has 0 aliphatic heterocycles. The van der Waals surface area contributed by atoms with E-state index >= 15 is 0 Å². The Kier molecular flexibility index (Phi) is 8.60. The Balaban J connectivity index is 1.58. The number of sulfonamides is 1. The Morgan fingerprint density at radius 3 is 2.44 bits per heavy atom. The number of hydrogen-bond acceptors (Lipinski definition) is 5. The molecule has 1 aliphatic carbocycles. The zero-order valence-electron chi connectivity index (χ0n) is 18.1. The maximum atomic E-state index is 12.6. The van der Waals surface area contributed by atoms with E-state index in [1.807, 2.05) is 6.92 Å². The van der Waals surface area contributed by atoms with Gasteiger partial charge in [0.05, 0.1) is 17.1 Å². The van der Waals surface area contributed by atoms with Crippen LogP contribution >= 0.6 is 12.2 Å². The van der Waals surface area contributed by atoms with Crippen LogP contribution in [0.1, 0.15) is 55.8 Å². The van der Waals surface area contributed by atoms with Crippen LogP contribution < -0.4 is 20.1 Å². The van der Waals surface area contributed by atoms with E-state index in [9.17, 15) is 13.2 Å². The van der Waals surface area contributed by atoms with Gasteiger partial charge in [0.15, 0.2) is 5.11 Å². The van der Waals surface area contributed by atoms with Crippen molar-refractivity contribution in [1.29, 1.82) is 0 Å². The van der Waals surface area contributed by atoms with Crippen LogP contribution in [0.2, 0.25) is 0 Å². The zero-order chi connectivity index (χ0) is 23.0. The number of thiocarbonyl (C=S) groups is 1. The van der Waals surface area contributed by atoms with Crippen molar-refractivity contribution in [3.05, 3.63) is 54.1 Å². The van der Waals surface area contributed by atoms with Gasteiger partial charge in [0, 0.05) is 11.7 Å². The van der Waals surface area contributed by atoms with Crippen LogP contribution in [0.3, 0.4) is 0 Å². The molecule has 0 bridgehead atoms. The highest BCUT2D eigenvalue weighted by Gasteiger charge is 2.21. The maximum Gasteiger partial charge on any atom is 0.261 e. The number of hydrogen-bond donors (Lipinski definition) is 3. The number of ether oxygens (including phenoxy) is 1. The minimum Gasteiger partial charge on any atom is -0.493 e. The molecule has 0 spiro atoms. The van der Waals surface area contributed by atoms with E-state index < -0.39 is 10.0 Å². The number of rotatable bonds is 8. The molecule has 0 heterocycles. The summed E-state index contributed by atoms with van der Waals surface area (Å²) in [5.74, 6) is 0.111. The highest BCUT2D eigenvalue weighted by atomic mass is 32.2. The highest BCUT2D eigenvalue weighted by Crippen LogP contribution is 2.21. The highest BCUT2D eigenvalue weighted by molar-refractivity contribution is 7.89. The van der Waals surface area contributed by atoms with Gasteiger partial charge in [-0.05, 0) is 67.9 Å². The quantitative estimate of drug-likeness (QED) is 0.495. The van der Waals surface area contributed by atoms with Gasteiger partial charge < -0.3 is 10.1 Å². The first-order valence-corrected chi connectivity index (χ1v) is 12.7. The van der Waals surface area contributed by atoms with Crippen LogP contribution in [0.5, 0.6) is 5.75 Å². The maximum absolute atomic E-state index is 12.6. The van der Waals surface area contributed by atoms with E-state index in [1.54, 1.807) is 36.4 Å². The fraction of sp³-hybridized carbons (Fsp3) is 0.391. The molecule has 0 saturated heterocycles. The van der Waals surface area contributed by atoms with Crippen molar-refractivity contribution < 1.29 is 17.9 Å². The second-order valence-electron chi connectivity index (χ2n) is 7.73. The van der Waals surface area contributed by atoms with Crippen molar-refractivity contribution >= 4 is 38.9 Å². The summed E-state index contributed by atoms with van der Waals surface area (Å²) in [6.45, 7) is 2.50. The number of nitrogens with one attached hydrogen (secondary N) is 3. The molecule has 2 aromatic carbocycles. The standard InChI is InChI=1S/C23H29N3O4S2/c1-2-16-30-21-11-7-6-10-20(21)22(27)25-23(31)24-17-12-14-19(15-13-17)32(28,29)26-18-8-4-3-5-9-18/h6-7,10-15,18,26H,2-5,8-9,16H2,1H3,(H2,24,25,27,31). The average Bonchev–Trinajstić information content (AvgIpc) is 2.78. The normalized spacial score (nSPS) is 14.5. The number of anilines is 1. The molecule has 1 saturated carbocycles. The van der Waals surface area contributed by atoms with E-state index in [4.69, 9.17) is 17.0 Å². The fourth-order valence-corrected chi connectivity index (χ4v) is 5.07. The van der Waals surface area contributed by atoms with Crippen LogP contribution in [-0.2, 0) is 10.0 Å². The number of para-hydroxylation sites is 1. The molecule has 32 heavy (non-hydrogen) atoms. The average molecular weight is 476 g/mol. The van der Waals surface area contributed by atoms with Gasteiger partial charge in [0.25, 0.3) is 5.91 Å². The first-order valence-electron chi connectivity index (χ1n) is 10.9. The Hall–Kier alpha value is -2.49. The minimum atomic E-state index is -3.57. The van der Waals surface area contributed by atoms with E-state index in [1.165, 1.54) is 12.1 Å². The van der Waals surface area contributed by atoms with Crippen LogP contribution in [0.15, 0.2) is 53.4 Å². The third kappa shape index (κ3) is 6.75. The summed E-state index contributed by atoms with van der Waals surface area (Å²) in [6.07, 6.45) is 5.84. The van der Waals surface area contributed by atoms with Gasteiger partial charge in [0.2, 0.25) is 10.0 Å². The summed E-state index contributed by atoms with van der Waals surface area (Å²) in [6, 6.07) is 13.2. The van der Waals surface area contributed by atoms with E-state index in [0.717, 1.165) is 38.5 Å². The second-order valence-corrected chi connectivity index (χ2v) is 9.86. The monoisotopic (exact) mass is 475 g/mol. The largest absolute Gasteiger partial charge is 0.493 e. The predicted octanol–water partition coefficient (Wildman–Crippen LogP) is 4.21. The molecule has 1 fully saturated rings. The molecule has 3 N–H and O–H groups in total. The molecule has 7 nitrogen and oxygen atoms in total. The van der Waals surface area contributed by atoms with Crippen LogP contribution in [-0.4, -0.2) is 32.1 Å². The third-order valence-corrected chi connectivity index (χ3v) is 6.91. The molecule has 1 aliphatic rings. The molecule has 3 rings (SSSR count). The number of carbonyl (C=O) groups excluding carboxylic acids is 1. The van der Waals surface area contributed by atoms with Gasteiger partial charge in [-0.2, -0.15) is 0 Å². The SMILES string of the molecule is CCCOc1ccccc1C(=O)NC(=S)Nc1ccc(S(=O)(=O)NC2CCCCC2)cc1. The molecule has 0 atom stereocenters. The van der Waals surface area contributed by atoms with Gasteiger partial charge in [-0.15, -0.1) is 0 Å². The van der Waals surface area contributed by atoms with Crippen molar-refractivity contribution in [2.45, 2.75) is 56.4 Å².